The van der Waals surface area contributed by atoms with E-state index in [0.29, 0.717) is 25.9 Å². The van der Waals surface area contributed by atoms with E-state index in [-0.39, 0.29) is 12.5 Å². The third-order valence-electron chi connectivity index (χ3n) is 3.06. The second kappa shape index (κ2) is 9.30. The molecule has 1 aliphatic rings. The van der Waals surface area contributed by atoms with Gasteiger partial charge in [-0.05, 0) is 26.3 Å². The minimum absolute atomic E-state index is 0.0991. The number of ether oxygens (including phenoxy) is 2. The maximum absolute atomic E-state index is 12.1. The van der Waals surface area contributed by atoms with Gasteiger partial charge in [0, 0.05) is 25.7 Å². The van der Waals surface area contributed by atoms with E-state index >= 15 is 0 Å². The van der Waals surface area contributed by atoms with E-state index in [0.717, 1.165) is 32.5 Å². The molecule has 1 aliphatic heterocycles. The zero-order valence-electron chi connectivity index (χ0n) is 11.6. The molecule has 5 heteroatoms. The average molecular weight is 258 g/mol. The Morgan fingerprint density at radius 3 is 2.72 bits per heavy atom. The Bertz CT molecular complexity index is 230. The molecule has 0 radical (unpaired) electrons. The van der Waals surface area contributed by atoms with Gasteiger partial charge in [-0.3, -0.25) is 4.79 Å². The van der Waals surface area contributed by atoms with Crippen LogP contribution in [0.5, 0.6) is 0 Å². The molecule has 5 nitrogen and oxygen atoms in total. The Morgan fingerprint density at radius 2 is 2.11 bits per heavy atom. The van der Waals surface area contributed by atoms with Gasteiger partial charge in [0.15, 0.2) is 0 Å². The summed E-state index contributed by atoms with van der Waals surface area (Å²) in [6, 6.07) is 0.341. The standard InChI is InChI=1S/C13H26N2O3/c1-3-7-15(12-5-6-14-10-12)13(16)11-18-9-8-17-4-2/h12,14H,3-11H2,1-2H3. The summed E-state index contributed by atoms with van der Waals surface area (Å²) >= 11 is 0. The maximum Gasteiger partial charge on any atom is 0.248 e. The van der Waals surface area contributed by atoms with Crippen molar-refractivity contribution >= 4 is 5.91 Å². The second-order valence-corrected chi connectivity index (χ2v) is 4.48. The Balaban J connectivity index is 2.25. The van der Waals surface area contributed by atoms with Gasteiger partial charge in [-0.15, -0.1) is 0 Å². The lowest BCUT2D eigenvalue weighted by Gasteiger charge is -2.28. The molecule has 0 aliphatic carbocycles. The molecule has 1 fully saturated rings. The van der Waals surface area contributed by atoms with Crippen molar-refractivity contribution in [1.29, 1.82) is 0 Å². The van der Waals surface area contributed by atoms with Crippen LogP contribution in [0.25, 0.3) is 0 Å². The molecule has 0 aromatic carbocycles. The first-order chi connectivity index (χ1) is 8.79. The quantitative estimate of drug-likeness (QED) is 0.617. The van der Waals surface area contributed by atoms with E-state index in [2.05, 4.69) is 12.2 Å². The second-order valence-electron chi connectivity index (χ2n) is 4.48. The van der Waals surface area contributed by atoms with Crippen LogP contribution in [-0.2, 0) is 14.3 Å². The minimum atomic E-state index is 0.0991. The molecule has 1 heterocycles. The van der Waals surface area contributed by atoms with Crippen molar-refractivity contribution in [2.75, 3.05) is 46.1 Å². The molecule has 106 valence electrons. The summed E-state index contributed by atoms with van der Waals surface area (Å²) in [5.74, 6) is 0.0991. The summed E-state index contributed by atoms with van der Waals surface area (Å²) in [5, 5.41) is 3.30. The summed E-state index contributed by atoms with van der Waals surface area (Å²) < 4.78 is 10.5. The van der Waals surface area contributed by atoms with Crippen LogP contribution < -0.4 is 5.32 Å². The van der Waals surface area contributed by atoms with Crippen molar-refractivity contribution in [2.45, 2.75) is 32.7 Å². The number of rotatable bonds is 9. The third kappa shape index (κ3) is 5.33. The van der Waals surface area contributed by atoms with E-state index in [1.807, 2.05) is 11.8 Å². The SMILES string of the molecule is CCCN(C(=O)COCCOCC)C1CCNC1. The summed E-state index contributed by atoms with van der Waals surface area (Å²) in [4.78, 5) is 14.0. The van der Waals surface area contributed by atoms with E-state index in [1.165, 1.54) is 0 Å². The Morgan fingerprint density at radius 1 is 1.33 bits per heavy atom. The van der Waals surface area contributed by atoms with Crippen molar-refractivity contribution in [2.24, 2.45) is 0 Å². The van der Waals surface area contributed by atoms with Gasteiger partial charge in [0.2, 0.25) is 5.91 Å². The molecule has 1 N–H and O–H groups in total. The molecule has 0 spiro atoms. The molecular weight excluding hydrogens is 232 g/mol. The van der Waals surface area contributed by atoms with E-state index in [1.54, 1.807) is 0 Å². The lowest BCUT2D eigenvalue weighted by atomic mass is 10.2. The molecule has 0 aromatic heterocycles. The number of nitrogens with one attached hydrogen (secondary N) is 1. The first kappa shape index (κ1) is 15.4. The highest BCUT2D eigenvalue weighted by molar-refractivity contribution is 5.77. The van der Waals surface area contributed by atoms with Crippen LogP contribution in [0.4, 0.5) is 0 Å². The number of hydrogen-bond acceptors (Lipinski definition) is 4. The zero-order chi connectivity index (χ0) is 13.2. The predicted molar refractivity (Wildman–Crippen MR) is 70.6 cm³/mol. The van der Waals surface area contributed by atoms with Gasteiger partial charge < -0.3 is 19.7 Å². The van der Waals surface area contributed by atoms with Crippen LogP contribution in [0.2, 0.25) is 0 Å². The number of carbonyl (C=O) groups is 1. The van der Waals surface area contributed by atoms with Gasteiger partial charge in [-0.2, -0.15) is 0 Å². The van der Waals surface area contributed by atoms with Crippen molar-refractivity contribution in [3.63, 3.8) is 0 Å². The molecule has 1 unspecified atom stereocenters. The lowest BCUT2D eigenvalue weighted by molar-refractivity contribution is -0.138. The number of carbonyl (C=O) groups excluding carboxylic acids is 1. The molecule has 0 bridgehead atoms. The first-order valence-electron chi connectivity index (χ1n) is 6.95. The minimum Gasteiger partial charge on any atom is -0.379 e. The first-order valence-corrected chi connectivity index (χ1v) is 6.95. The van der Waals surface area contributed by atoms with Gasteiger partial charge in [0.25, 0.3) is 0 Å². The monoisotopic (exact) mass is 258 g/mol. The molecule has 0 aromatic rings. The molecular formula is C13H26N2O3. The number of hydrogen-bond donors (Lipinski definition) is 1. The molecule has 1 atom stereocenters. The summed E-state index contributed by atoms with van der Waals surface area (Å²) in [6.07, 6.45) is 2.03. The van der Waals surface area contributed by atoms with Crippen LogP contribution in [0.15, 0.2) is 0 Å². The van der Waals surface area contributed by atoms with E-state index in [9.17, 15) is 4.79 Å². The molecule has 0 saturated carbocycles. The highest BCUT2D eigenvalue weighted by Crippen LogP contribution is 2.09. The van der Waals surface area contributed by atoms with Crippen LogP contribution in [0.3, 0.4) is 0 Å². The van der Waals surface area contributed by atoms with Crippen molar-refractivity contribution in [3.05, 3.63) is 0 Å². The number of amides is 1. The molecule has 1 rings (SSSR count). The number of nitrogens with zero attached hydrogens (tertiary/aromatic N) is 1. The van der Waals surface area contributed by atoms with Gasteiger partial charge in [-0.25, -0.2) is 0 Å². The fourth-order valence-corrected chi connectivity index (χ4v) is 2.16. The van der Waals surface area contributed by atoms with Crippen molar-refractivity contribution in [3.8, 4) is 0 Å². The van der Waals surface area contributed by atoms with Crippen LogP contribution >= 0.6 is 0 Å². The van der Waals surface area contributed by atoms with E-state index in [4.69, 9.17) is 9.47 Å². The fourth-order valence-electron chi connectivity index (χ4n) is 2.16. The molecule has 1 saturated heterocycles. The van der Waals surface area contributed by atoms with Gasteiger partial charge in [0.05, 0.1) is 13.2 Å². The van der Waals surface area contributed by atoms with E-state index < -0.39 is 0 Å². The summed E-state index contributed by atoms with van der Waals surface area (Å²) in [6.45, 7) is 8.68. The van der Waals surface area contributed by atoms with Crippen LogP contribution in [-0.4, -0.2) is 62.9 Å². The third-order valence-corrected chi connectivity index (χ3v) is 3.06. The Hall–Kier alpha value is -0.650. The van der Waals surface area contributed by atoms with Crippen LogP contribution in [0, 0.1) is 0 Å². The normalized spacial score (nSPS) is 19.1. The van der Waals surface area contributed by atoms with Gasteiger partial charge >= 0.3 is 0 Å². The average Bonchev–Trinajstić information content (AvgIpc) is 2.89. The van der Waals surface area contributed by atoms with Gasteiger partial charge in [0.1, 0.15) is 6.61 Å². The summed E-state index contributed by atoms with van der Waals surface area (Å²) in [7, 11) is 0. The maximum atomic E-state index is 12.1. The topological polar surface area (TPSA) is 50.8 Å². The fraction of sp³-hybridized carbons (Fsp3) is 0.923. The van der Waals surface area contributed by atoms with Crippen molar-refractivity contribution in [1.82, 2.24) is 10.2 Å². The molecule has 1 amide bonds. The van der Waals surface area contributed by atoms with Crippen molar-refractivity contribution < 1.29 is 14.3 Å². The Labute approximate surface area is 110 Å². The van der Waals surface area contributed by atoms with Gasteiger partial charge in [-0.1, -0.05) is 6.92 Å². The molecule has 18 heavy (non-hydrogen) atoms. The largest absolute Gasteiger partial charge is 0.379 e. The predicted octanol–water partition coefficient (Wildman–Crippen LogP) is 0.640. The smallest absolute Gasteiger partial charge is 0.248 e. The lowest BCUT2D eigenvalue weighted by Crippen LogP contribution is -2.44. The Kier molecular flexibility index (Phi) is 7.96. The zero-order valence-corrected chi connectivity index (χ0v) is 11.6. The highest BCUT2D eigenvalue weighted by Gasteiger charge is 2.25. The highest BCUT2D eigenvalue weighted by atomic mass is 16.5. The summed E-state index contributed by atoms with van der Waals surface area (Å²) in [5.41, 5.74) is 0. The van der Waals surface area contributed by atoms with Crippen LogP contribution in [0.1, 0.15) is 26.7 Å².